The van der Waals surface area contributed by atoms with Crippen molar-refractivity contribution in [3.8, 4) is 5.75 Å². The Labute approximate surface area is 153 Å². The molecule has 5 nitrogen and oxygen atoms in total. The molecule has 1 unspecified atom stereocenters. The fraction of sp³-hybridized carbons (Fsp3) is 0.118. The maximum absolute atomic E-state index is 13.3. The Kier molecular flexibility index (Phi) is 5.01. The molecule has 0 fully saturated rings. The average molecular weight is 380 g/mol. The molecule has 0 N–H and O–H groups in total. The molecule has 0 saturated heterocycles. The van der Waals surface area contributed by atoms with Gasteiger partial charge in [-0.2, -0.15) is 5.10 Å². The van der Waals surface area contributed by atoms with Crippen molar-refractivity contribution in [2.75, 3.05) is 0 Å². The molecule has 0 aliphatic carbocycles. The molecule has 0 aliphatic rings. The summed E-state index contributed by atoms with van der Waals surface area (Å²) in [6.45, 7) is 1.68. The van der Waals surface area contributed by atoms with E-state index in [4.69, 9.17) is 27.9 Å². The van der Waals surface area contributed by atoms with Gasteiger partial charge in [0.15, 0.2) is 0 Å². The van der Waals surface area contributed by atoms with Gasteiger partial charge in [-0.1, -0.05) is 23.2 Å². The third-order valence-electron chi connectivity index (χ3n) is 3.47. The van der Waals surface area contributed by atoms with Crippen molar-refractivity contribution >= 4 is 29.0 Å². The van der Waals surface area contributed by atoms with Gasteiger partial charge in [0.25, 0.3) is 6.23 Å². The van der Waals surface area contributed by atoms with Crippen LogP contribution in [0.5, 0.6) is 5.75 Å². The van der Waals surface area contributed by atoms with Gasteiger partial charge < -0.3 is 4.74 Å². The van der Waals surface area contributed by atoms with Crippen molar-refractivity contribution in [3.63, 3.8) is 0 Å². The van der Waals surface area contributed by atoms with Crippen LogP contribution in [0.25, 0.3) is 0 Å². The number of hydrogen-bond acceptors (Lipinski definition) is 4. The molecule has 1 heterocycles. The number of ether oxygens (including phenoxy) is 1. The minimum absolute atomic E-state index is 0.196. The zero-order chi connectivity index (χ0) is 18.0. The molecular weight excluding hydrogens is 368 g/mol. The fourth-order valence-corrected chi connectivity index (χ4v) is 2.76. The van der Waals surface area contributed by atoms with Crippen LogP contribution < -0.4 is 4.74 Å². The van der Waals surface area contributed by atoms with Crippen molar-refractivity contribution in [3.05, 3.63) is 76.0 Å². The van der Waals surface area contributed by atoms with Crippen molar-refractivity contribution < 1.29 is 13.9 Å². The van der Waals surface area contributed by atoms with Crippen LogP contribution in [0.1, 0.15) is 22.1 Å². The maximum atomic E-state index is 13.3. The summed E-state index contributed by atoms with van der Waals surface area (Å²) in [6.07, 6.45) is 1.49. The topological polar surface area (TPSA) is 57.0 Å². The van der Waals surface area contributed by atoms with Crippen molar-refractivity contribution in [2.24, 2.45) is 0 Å². The van der Waals surface area contributed by atoms with Gasteiger partial charge in [0, 0.05) is 10.6 Å². The molecule has 0 radical (unpaired) electrons. The van der Waals surface area contributed by atoms with Gasteiger partial charge in [0.1, 0.15) is 24.2 Å². The van der Waals surface area contributed by atoms with Crippen LogP contribution in [0.2, 0.25) is 10.0 Å². The molecule has 0 aliphatic heterocycles. The molecule has 2 aromatic carbocycles. The molecule has 0 bridgehead atoms. The number of halogens is 3. The smallest absolute Gasteiger partial charge is 0.256 e. The summed E-state index contributed by atoms with van der Waals surface area (Å²) >= 11 is 12.0. The fourth-order valence-electron chi connectivity index (χ4n) is 2.25. The first-order valence-corrected chi connectivity index (χ1v) is 7.97. The second-order valence-electron chi connectivity index (χ2n) is 5.24. The Morgan fingerprint density at radius 2 is 2.04 bits per heavy atom. The zero-order valence-corrected chi connectivity index (χ0v) is 14.5. The molecule has 1 aromatic heterocycles. The number of ketones is 1. The van der Waals surface area contributed by atoms with Gasteiger partial charge in [-0.25, -0.2) is 14.1 Å². The first-order valence-electron chi connectivity index (χ1n) is 7.22. The van der Waals surface area contributed by atoms with Crippen molar-refractivity contribution in [2.45, 2.75) is 13.2 Å². The number of nitrogens with zero attached hydrogens (tertiary/aromatic N) is 3. The van der Waals surface area contributed by atoms with E-state index in [9.17, 15) is 9.18 Å². The maximum Gasteiger partial charge on any atom is 0.256 e. The quantitative estimate of drug-likeness (QED) is 0.612. The summed E-state index contributed by atoms with van der Waals surface area (Å²) < 4.78 is 20.4. The molecule has 0 saturated carbocycles. The summed E-state index contributed by atoms with van der Waals surface area (Å²) in [5.41, 5.74) is 0.770. The van der Waals surface area contributed by atoms with E-state index >= 15 is 0 Å². The summed E-state index contributed by atoms with van der Waals surface area (Å²) in [5.74, 6) is -0.481. The molecule has 3 rings (SSSR count). The predicted molar refractivity (Wildman–Crippen MR) is 91.6 cm³/mol. The van der Waals surface area contributed by atoms with E-state index in [-0.39, 0.29) is 10.6 Å². The van der Waals surface area contributed by atoms with E-state index in [1.54, 1.807) is 13.0 Å². The van der Waals surface area contributed by atoms with Crippen LogP contribution in [0.4, 0.5) is 4.39 Å². The Morgan fingerprint density at radius 1 is 1.24 bits per heavy atom. The highest BCUT2D eigenvalue weighted by Crippen LogP contribution is 2.28. The lowest BCUT2D eigenvalue weighted by Crippen LogP contribution is -2.26. The lowest BCUT2D eigenvalue weighted by molar-refractivity contribution is 0.0617. The number of carbonyl (C=O) groups is 1. The monoisotopic (exact) mass is 379 g/mol. The minimum Gasteiger partial charge on any atom is -0.461 e. The van der Waals surface area contributed by atoms with Crippen LogP contribution in [-0.2, 0) is 0 Å². The number of hydrogen-bond donors (Lipinski definition) is 0. The Balaban J connectivity index is 1.99. The predicted octanol–water partition coefficient (Wildman–Crippen LogP) is 4.49. The van der Waals surface area contributed by atoms with Gasteiger partial charge in [-0.05, 0) is 48.9 Å². The highest BCUT2D eigenvalue weighted by Gasteiger charge is 2.27. The summed E-state index contributed by atoms with van der Waals surface area (Å²) in [4.78, 5) is 16.8. The lowest BCUT2D eigenvalue weighted by atomic mass is 10.1. The Morgan fingerprint density at radius 3 is 2.68 bits per heavy atom. The molecule has 25 heavy (non-hydrogen) atoms. The second kappa shape index (κ2) is 7.21. The van der Waals surface area contributed by atoms with Gasteiger partial charge >= 0.3 is 0 Å². The molecule has 0 amide bonds. The van der Waals surface area contributed by atoms with Gasteiger partial charge in [-0.15, -0.1) is 0 Å². The first kappa shape index (κ1) is 17.4. The van der Waals surface area contributed by atoms with Gasteiger partial charge in [-0.3, -0.25) is 4.79 Å². The SMILES string of the molecule is Cc1cc(F)ccc1OC(C(=O)c1ccc(Cl)cc1Cl)n1cncn1. The van der Waals surface area contributed by atoms with E-state index in [2.05, 4.69) is 10.1 Å². The molecule has 128 valence electrons. The number of rotatable bonds is 5. The van der Waals surface area contributed by atoms with E-state index in [0.717, 1.165) is 0 Å². The van der Waals surface area contributed by atoms with Crippen molar-refractivity contribution in [1.82, 2.24) is 14.8 Å². The summed E-state index contributed by atoms with van der Waals surface area (Å²) in [6, 6.07) is 8.55. The van der Waals surface area contributed by atoms with E-state index in [1.807, 2.05) is 0 Å². The number of carbonyl (C=O) groups excluding carboxylic acids is 1. The third-order valence-corrected chi connectivity index (χ3v) is 4.02. The van der Waals surface area contributed by atoms with Crippen molar-refractivity contribution in [1.29, 1.82) is 0 Å². The number of aryl methyl sites for hydroxylation is 1. The normalized spacial score (nSPS) is 12.0. The van der Waals surface area contributed by atoms with Crippen LogP contribution >= 0.6 is 23.2 Å². The minimum atomic E-state index is -1.15. The van der Waals surface area contributed by atoms with E-state index < -0.39 is 17.8 Å². The standard InChI is InChI=1S/C17H12Cl2FN3O2/c1-10-6-12(20)3-5-15(10)25-17(23-9-21-8-22-23)16(24)13-4-2-11(18)7-14(13)19/h2-9,17H,1H3. The number of benzene rings is 2. The second-order valence-corrected chi connectivity index (χ2v) is 6.09. The highest BCUT2D eigenvalue weighted by molar-refractivity contribution is 6.36. The molecule has 0 spiro atoms. The lowest BCUT2D eigenvalue weighted by Gasteiger charge is -2.19. The average Bonchev–Trinajstić information content (AvgIpc) is 3.08. The van der Waals surface area contributed by atoms with E-state index in [0.29, 0.717) is 16.3 Å². The van der Waals surface area contributed by atoms with Crippen LogP contribution in [0.3, 0.4) is 0 Å². The van der Waals surface area contributed by atoms with E-state index in [1.165, 1.54) is 47.7 Å². The number of Topliss-reactive ketones (excluding diaryl/α,β-unsaturated/α-hetero) is 1. The Hall–Kier alpha value is -2.44. The third kappa shape index (κ3) is 3.81. The molecule has 8 heteroatoms. The molecule has 3 aromatic rings. The van der Waals surface area contributed by atoms with Crippen LogP contribution in [0.15, 0.2) is 49.1 Å². The van der Waals surface area contributed by atoms with Gasteiger partial charge in [0.2, 0.25) is 5.78 Å². The molecule has 1 atom stereocenters. The Bertz CT molecular complexity index is 916. The highest BCUT2D eigenvalue weighted by atomic mass is 35.5. The largest absolute Gasteiger partial charge is 0.461 e. The van der Waals surface area contributed by atoms with Crippen LogP contribution in [0, 0.1) is 12.7 Å². The number of aromatic nitrogens is 3. The molecular formula is C17H12Cl2FN3O2. The zero-order valence-electron chi connectivity index (χ0n) is 13.0. The first-order chi connectivity index (χ1) is 12.0. The summed E-state index contributed by atoms with van der Waals surface area (Å²) in [7, 11) is 0. The van der Waals surface area contributed by atoms with Gasteiger partial charge in [0.05, 0.1) is 5.02 Å². The summed E-state index contributed by atoms with van der Waals surface area (Å²) in [5, 5.41) is 4.58. The van der Waals surface area contributed by atoms with Crippen LogP contribution in [-0.4, -0.2) is 20.5 Å².